The van der Waals surface area contributed by atoms with Gasteiger partial charge in [0.15, 0.2) is 5.82 Å². The monoisotopic (exact) mass is 387 g/mol. The first-order chi connectivity index (χ1) is 13.5. The molecule has 9 heteroatoms. The molecule has 1 atom stereocenters. The van der Waals surface area contributed by atoms with Gasteiger partial charge in [0.05, 0.1) is 0 Å². The Bertz CT molecular complexity index is 878. The van der Waals surface area contributed by atoms with Crippen LogP contribution >= 0.6 is 0 Å². The van der Waals surface area contributed by atoms with Crippen molar-refractivity contribution in [2.45, 2.75) is 38.3 Å². The highest BCUT2D eigenvalue weighted by Crippen LogP contribution is 2.35. The largest absolute Gasteiger partial charge is 0.337 e. The normalized spacial score (nSPS) is 23.3. The molecule has 0 bridgehead atoms. The lowest BCUT2D eigenvalue weighted by atomic mass is 9.74. The second-order valence-corrected chi connectivity index (χ2v) is 7.36. The summed E-state index contributed by atoms with van der Waals surface area (Å²) in [4.78, 5) is 31.4. The minimum absolute atomic E-state index is 0.0234. The van der Waals surface area contributed by atoms with E-state index < -0.39 is 11.6 Å². The second-order valence-electron chi connectivity index (χ2n) is 7.36. The zero-order chi connectivity index (χ0) is 19.7. The number of carbonyl (C=O) groups excluding carboxylic acids is 2. The topological polar surface area (TPSA) is 100 Å². The standard InChI is InChI=1S/C19H22FN5O3/c1-12-22-16(28-24-12)11-25-17(26)19(23-18(25)27,14-6-8-21-9-7-14)10-13-2-4-15(20)5-3-13/h2-5,14,21H,6-11H2,1H3,(H,23,27). The number of hydrogen-bond acceptors (Lipinski definition) is 6. The molecule has 0 radical (unpaired) electrons. The van der Waals surface area contributed by atoms with E-state index in [-0.39, 0.29) is 30.1 Å². The van der Waals surface area contributed by atoms with Crippen LogP contribution in [0.25, 0.3) is 0 Å². The Balaban J connectivity index is 1.65. The van der Waals surface area contributed by atoms with E-state index in [1.165, 1.54) is 12.1 Å². The van der Waals surface area contributed by atoms with Crippen LogP contribution in [0.4, 0.5) is 9.18 Å². The van der Waals surface area contributed by atoms with Gasteiger partial charge < -0.3 is 15.2 Å². The van der Waals surface area contributed by atoms with Crippen LogP contribution in [0.15, 0.2) is 28.8 Å². The lowest BCUT2D eigenvalue weighted by Gasteiger charge is -2.38. The maximum absolute atomic E-state index is 13.5. The quantitative estimate of drug-likeness (QED) is 0.755. The molecule has 3 amide bonds. The molecule has 2 N–H and O–H groups in total. The van der Waals surface area contributed by atoms with E-state index in [4.69, 9.17) is 4.52 Å². The van der Waals surface area contributed by atoms with Gasteiger partial charge in [-0.2, -0.15) is 4.98 Å². The summed E-state index contributed by atoms with van der Waals surface area (Å²) >= 11 is 0. The van der Waals surface area contributed by atoms with Crippen molar-refractivity contribution in [3.63, 3.8) is 0 Å². The summed E-state index contributed by atoms with van der Waals surface area (Å²) in [5.74, 6) is -0.00836. The van der Waals surface area contributed by atoms with Crippen molar-refractivity contribution in [3.05, 3.63) is 47.4 Å². The summed E-state index contributed by atoms with van der Waals surface area (Å²) in [5.41, 5.74) is -0.268. The Kier molecular flexibility index (Phi) is 4.84. The lowest BCUT2D eigenvalue weighted by Crippen LogP contribution is -2.57. The van der Waals surface area contributed by atoms with Crippen molar-refractivity contribution in [2.75, 3.05) is 13.1 Å². The number of imide groups is 1. The fraction of sp³-hybridized carbons (Fsp3) is 0.474. The summed E-state index contributed by atoms with van der Waals surface area (Å²) < 4.78 is 18.4. The SMILES string of the molecule is Cc1noc(CN2C(=O)NC(Cc3ccc(F)cc3)(C3CCNCC3)C2=O)n1. The van der Waals surface area contributed by atoms with Gasteiger partial charge in [-0.3, -0.25) is 9.69 Å². The summed E-state index contributed by atoms with van der Waals surface area (Å²) in [6.07, 6.45) is 1.84. The van der Waals surface area contributed by atoms with Crippen molar-refractivity contribution in [1.29, 1.82) is 0 Å². The highest BCUT2D eigenvalue weighted by atomic mass is 19.1. The van der Waals surface area contributed by atoms with Gasteiger partial charge in [0.25, 0.3) is 5.91 Å². The molecule has 0 saturated carbocycles. The highest BCUT2D eigenvalue weighted by molar-refractivity contribution is 6.07. The Morgan fingerprint density at radius 2 is 1.96 bits per heavy atom. The number of hydrogen-bond donors (Lipinski definition) is 2. The molecule has 2 aliphatic rings. The molecular formula is C19H22FN5O3. The Labute approximate surface area is 161 Å². The average Bonchev–Trinajstić information content (AvgIpc) is 3.21. The number of piperidine rings is 1. The van der Waals surface area contributed by atoms with E-state index in [0.29, 0.717) is 12.2 Å². The number of urea groups is 1. The first-order valence-corrected chi connectivity index (χ1v) is 9.36. The van der Waals surface area contributed by atoms with E-state index in [2.05, 4.69) is 20.8 Å². The lowest BCUT2D eigenvalue weighted by molar-refractivity contribution is -0.134. The zero-order valence-corrected chi connectivity index (χ0v) is 15.6. The van der Waals surface area contributed by atoms with E-state index >= 15 is 0 Å². The van der Waals surface area contributed by atoms with Gasteiger partial charge in [-0.15, -0.1) is 0 Å². The molecule has 1 aromatic heterocycles. The maximum Gasteiger partial charge on any atom is 0.325 e. The number of aromatic nitrogens is 2. The third-order valence-corrected chi connectivity index (χ3v) is 5.50. The van der Waals surface area contributed by atoms with E-state index in [9.17, 15) is 14.0 Å². The van der Waals surface area contributed by atoms with Crippen molar-refractivity contribution in [1.82, 2.24) is 25.7 Å². The third kappa shape index (κ3) is 3.37. The van der Waals surface area contributed by atoms with Crippen molar-refractivity contribution >= 4 is 11.9 Å². The summed E-state index contributed by atoms with van der Waals surface area (Å²) in [6, 6.07) is 5.57. The second kappa shape index (κ2) is 7.31. The first-order valence-electron chi connectivity index (χ1n) is 9.36. The van der Waals surface area contributed by atoms with E-state index in [1.54, 1.807) is 19.1 Å². The fourth-order valence-corrected chi connectivity index (χ4v) is 4.11. The van der Waals surface area contributed by atoms with Crippen LogP contribution in [0.3, 0.4) is 0 Å². The fourth-order valence-electron chi connectivity index (χ4n) is 4.11. The van der Waals surface area contributed by atoms with Gasteiger partial charge in [-0.25, -0.2) is 9.18 Å². The molecule has 0 aliphatic carbocycles. The van der Waals surface area contributed by atoms with Crippen LogP contribution in [0.1, 0.15) is 30.1 Å². The van der Waals surface area contributed by atoms with Crippen LogP contribution < -0.4 is 10.6 Å². The number of amides is 3. The van der Waals surface area contributed by atoms with Gasteiger partial charge in [0.1, 0.15) is 17.9 Å². The summed E-state index contributed by atoms with van der Waals surface area (Å²) in [5, 5.41) is 9.95. The van der Waals surface area contributed by atoms with E-state index in [0.717, 1.165) is 36.4 Å². The number of nitrogens with zero attached hydrogens (tertiary/aromatic N) is 3. The number of benzene rings is 1. The molecule has 1 aromatic carbocycles. The van der Waals surface area contributed by atoms with E-state index in [1.807, 2.05) is 0 Å². The zero-order valence-electron chi connectivity index (χ0n) is 15.6. The predicted molar refractivity (Wildman–Crippen MR) is 96.5 cm³/mol. The number of aryl methyl sites for hydroxylation is 1. The molecule has 3 heterocycles. The van der Waals surface area contributed by atoms with Crippen LogP contribution in [-0.2, 0) is 17.8 Å². The molecule has 8 nitrogen and oxygen atoms in total. The first kappa shape index (κ1) is 18.5. The molecule has 2 saturated heterocycles. The summed E-state index contributed by atoms with van der Waals surface area (Å²) in [6.45, 7) is 3.16. The van der Waals surface area contributed by atoms with Crippen LogP contribution in [-0.4, -0.2) is 45.6 Å². The van der Waals surface area contributed by atoms with Gasteiger partial charge in [0.2, 0.25) is 5.89 Å². The van der Waals surface area contributed by atoms with Crippen molar-refractivity contribution in [3.8, 4) is 0 Å². The Morgan fingerprint density at radius 3 is 2.61 bits per heavy atom. The maximum atomic E-state index is 13.5. The Hall–Kier alpha value is -2.81. The van der Waals surface area contributed by atoms with Crippen molar-refractivity contribution in [2.24, 2.45) is 5.92 Å². The van der Waals surface area contributed by atoms with Crippen LogP contribution in [0.5, 0.6) is 0 Å². The number of rotatable bonds is 5. The molecular weight excluding hydrogens is 365 g/mol. The van der Waals surface area contributed by atoms with Gasteiger partial charge in [0, 0.05) is 6.42 Å². The molecule has 0 spiro atoms. The van der Waals surface area contributed by atoms with Gasteiger partial charge in [-0.1, -0.05) is 17.3 Å². The van der Waals surface area contributed by atoms with Gasteiger partial charge in [-0.05, 0) is 56.5 Å². The molecule has 1 unspecified atom stereocenters. The predicted octanol–water partition coefficient (Wildman–Crippen LogP) is 1.55. The molecule has 2 aromatic rings. The number of halogens is 1. The van der Waals surface area contributed by atoms with Gasteiger partial charge >= 0.3 is 6.03 Å². The molecule has 28 heavy (non-hydrogen) atoms. The van der Waals surface area contributed by atoms with Crippen molar-refractivity contribution < 1.29 is 18.5 Å². The number of carbonyl (C=O) groups is 2. The molecule has 148 valence electrons. The van der Waals surface area contributed by atoms with Crippen LogP contribution in [0.2, 0.25) is 0 Å². The highest BCUT2D eigenvalue weighted by Gasteiger charge is 2.55. The molecule has 2 fully saturated rings. The summed E-state index contributed by atoms with van der Waals surface area (Å²) in [7, 11) is 0. The average molecular weight is 387 g/mol. The smallest absolute Gasteiger partial charge is 0.325 e. The minimum Gasteiger partial charge on any atom is -0.337 e. The number of nitrogens with one attached hydrogen (secondary N) is 2. The Morgan fingerprint density at radius 1 is 1.25 bits per heavy atom. The third-order valence-electron chi connectivity index (χ3n) is 5.50. The molecule has 2 aliphatic heterocycles. The molecule has 4 rings (SSSR count). The van der Waals surface area contributed by atoms with Crippen LogP contribution in [0, 0.1) is 18.7 Å². The minimum atomic E-state index is -1.06.